The second-order valence-corrected chi connectivity index (χ2v) is 7.83. The lowest BCUT2D eigenvalue weighted by atomic mass is 10.2. The summed E-state index contributed by atoms with van der Waals surface area (Å²) in [7, 11) is 0. The van der Waals surface area contributed by atoms with Gasteiger partial charge in [0, 0.05) is 6.04 Å². The number of thiocarbonyl (C=S) groups is 1. The summed E-state index contributed by atoms with van der Waals surface area (Å²) in [6.45, 7) is 4.61. The minimum absolute atomic E-state index is 0.00115. The van der Waals surface area contributed by atoms with E-state index in [1.165, 1.54) is 11.8 Å². The molecule has 2 aromatic carbocycles. The lowest BCUT2D eigenvalue weighted by Gasteiger charge is -2.21. The van der Waals surface area contributed by atoms with E-state index < -0.39 is 0 Å². The maximum Gasteiger partial charge on any atom is 0.266 e. The quantitative estimate of drug-likeness (QED) is 0.502. The Bertz CT molecular complexity index is 816. The topological polar surface area (TPSA) is 29.5 Å². The second kappa shape index (κ2) is 8.52. The molecule has 1 aliphatic rings. The Kier molecular flexibility index (Phi) is 6.12. The fourth-order valence-corrected chi connectivity index (χ4v) is 4.06. The Morgan fingerprint density at radius 2 is 1.85 bits per heavy atom. The van der Waals surface area contributed by atoms with Crippen molar-refractivity contribution in [3.8, 4) is 5.75 Å². The number of amides is 1. The molecule has 0 spiro atoms. The number of thioether (sulfide) groups is 1. The van der Waals surface area contributed by atoms with E-state index in [9.17, 15) is 4.79 Å². The van der Waals surface area contributed by atoms with Crippen molar-refractivity contribution in [1.82, 2.24) is 4.90 Å². The Morgan fingerprint density at radius 1 is 1.15 bits per heavy atom. The van der Waals surface area contributed by atoms with Crippen molar-refractivity contribution in [2.24, 2.45) is 0 Å². The van der Waals surface area contributed by atoms with E-state index in [0.717, 1.165) is 23.3 Å². The molecule has 2 aromatic rings. The van der Waals surface area contributed by atoms with Crippen LogP contribution >= 0.6 is 24.0 Å². The van der Waals surface area contributed by atoms with Crippen LogP contribution in [-0.2, 0) is 11.4 Å². The molecule has 0 saturated carbocycles. The van der Waals surface area contributed by atoms with Crippen LogP contribution in [0.2, 0.25) is 0 Å². The van der Waals surface area contributed by atoms with Gasteiger partial charge in [-0.1, -0.05) is 73.4 Å². The van der Waals surface area contributed by atoms with E-state index in [4.69, 9.17) is 17.0 Å². The molecule has 26 heavy (non-hydrogen) atoms. The van der Waals surface area contributed by atoms with Crippen molar-refractivity contribution < 1.29 is 9.53 Å². The molecule has 0 bridgehead atoms. The van der Waals surface area contributed by atoms with Gasteiger partial charge in [-0.15, -0.1) is 0 Å². The number of rotatable bonds is 6. The molecular weight excluding hydrogens is 362 g/mol. The molecule has 1 aliphatic heterocycles. The molecule has 1 fully saturated rings. The Labute approximate surface area is 164 Å². The number of hydrogen-bond donors (Lipinski definition) is 0. The third-order valence-corrected chi connectivity index (χ3v) is 5.61. The molecule has 0 aliphatic carbocycles. The Hall–Kier alpha value is -2.11. The van der Waals surface area contributed by atoms with Crippen LogP contribution in [0.25, 0.3) is 6.08 Å². The largest absolute Gasteiger partial charge is 0.489 e. The molecular formula is C21H21NO2S2. The maximum atomic E-state index is 12.6. The normalized spacial score (nSPS) is 17.0. The SMILES string of the molecule is CCC(C)N1C(=O)C(=Cc2ccc(OCc3ccccc3)cc2)SC1=S. The molecule has 5 heteroatoms. The highest BCUT2D eigenvalue weighted by Crippen LogP contribution is 2.34. The van der Waals surface area contributed by atoms with E-state index in [-0.39, 0.29) is 11.9 Å². The Balaban J connectivity index is 1.66. The fraction of sp³-hybridized carbons (Fsp3) is 0.238. The molecule has 1 saturated heterocycles. The molecule has 0 N–H and O–H groups in total. The highest BCUT2D eigenvalue weighted by molar-refractivity contribution is 8.26. The summed E-state index contributed by atoms with van der Waals surface area (Å²) in [6.07, 6.45) is 2.77. The monoisotopic (exact) mass is 383 g/mol. The predicted molar refractivity (Wildman–Crippen MR) is 112 cm³/mol. The van der Waals surface area contributed by atoms with Crippen LogP contribution in [0.1, 0.15) is 31.4 Å². The first-order chi connectivity index (χ1) is 12.6. The summed E-state index contributed by atoms with van der Waals surface area (Å²) in [6, 6.07) is 17.9. The van der Waals surface area contributed by atoms with Gasteiger partial charge in [0.25, 0.3) is 5.91 Å². The molecule has 134 valence electrons. The van der Waals surface area contributed by atoms with Crippen molar-refractivity contribution in [2.45, 2.75) is 32.9 Å². The average molecular weight is 384 g/mol. The first-order valence-electron chi connectivity index (χ1n) is 8.62. The zero-order valence-electron chi connectivity index (χ0n) is 14.8. The molecule has 1 atom stereocenters. The third-order valence-electron chi connectivity index (χ3n) is 4.28. The van der Waals surface area contributed by atoms with Gasteiger partial charge < -0.3 is 4.74 Å². The fourth-order valence-electron chi connectivity index (χ4n) is 2.59. The van der Waals surface area contributed by atoms with Gasteiger partial charge in [0.15, 0.2) is 0 Å². The summed E-state index contributed by atoms with van der Waals surface area (Å²) < 4.78 is 6.43. The average Bonchev–Trinajstić information content (AvgIpc) is 2.94. The van der Waals surface area contributed by atoms with Gasteiger partial charge in [0.2, 0.25) is 0 Å². The van der Waals surface area contributed by atoms with Gasteiger partial charge in [-0.05, 0) is 42.7 Å². The van der Waals surface area contributed by atoms with Gasteiger partial charge in [-0.25, -0.2) is 0 Å². The molecule has 0 radical (unpaired) electrons. The van der Waals surface area contributed by atoms with Crippen molar-refractivity contribution in [1.29, 1.82) is 0 Å². The zero-order valence-corrected chi connectivity index (χ0v) is 16.5. The molecule has 1 unspecified atom stereocenters. The van der Waals surface area contributed by atoms with E-state index in [1.54, 1.807) is 4.90 Å². The van der Waals surface area contributed by atoms with Gasteiger partial charge in [-0.3, -0.25) is 9.69 Å². The lowest BCUT2D eigenvalue weighted by Crippen LogP contribution is -2.36. The van der Waals surface area contributed by atoms with Crippen LogP contribution in [0.4, 0.5) is 0 Å². The highest BCUT2D eigenvalue weighted by atomic mass is 32.2. The molecule has 1 heterocycles. The minimum atomic E-state index is -0.00115. The summed E-state index contributed by atoms with van der Waals surface area (Å²) in [5.41, 5.74) is 2.09. The molecule has 1 amide bonds. The van der Waals surface area contributed by atoms with Gasteiger partial charge in [0.05, 0.1) is 4.91 Å². The van der Waals surface area contributed by atoms with Crippen molar-refractivity contribution in [3.05, 3.63) is 70.6 Å². The first-order valence-corrected chi connectivity index (χ1v) is 9.85. The van der Waals surface area contributed by atoms with E-state index in [0.29, 0.717) is 15.8 Å². The summed E-state index contributed by atoms with van der Waals surface area (Å²) in [5.74, 6) is 0.803. The summed E-state index contributed by atoms with van der Waals surface area (Å²) in [4.78, 5) is 15.0. The van der Waals surface area contributed by atoms with Gasteiger partial charge in [0.1, 0.15) is 16.7 Å². The van der Waals surface area contributed by atoms with E-state index in [1.807, 2.05) is 67.6 Å². The van der Waals surface area contributed by atoms with Gasteiger partial charge >= 0.3 is 0 Å². The van der Waals surface area contributed by atoms with Crippen LogP contribution in [-0.4, -0.2) is 21.2 Å². The molecule has 3 nitrogen and oxygen atoms in total. The minimum Gasteiger partial charge on any atom is -0.489 e. The van der Waals surface area contributed by atoms with Crippen molar-refractivity contribution >= 4 is 40.3 Å². The van der Waals surface area contributed by atoms with Crippen molar-refractivity contribution in [2.75, 3.05) is 0 Å². The standard InChI is InChI=1S/C21H21NO2S2/c1-3-15(2)22-20(23)19(26-21(22)25)13-16-9-11-18(12-10-16)24-14-17-7-5-4-6-8-17/h4-13,15H,3,14H2,1-2H3. The van der Waals surface area contributed by atoms with Crippen LogP contribution < -0.4 is 4.74 Å². The predicted octanol–water partition coefficient (Wildman–Crippen LogP) is 5.27. The lowest BCUT2D eigenvalue weighted by molar-refractivity contribution is -0.123. The highest BCUT2D eigenvalue weighted by Gasteiger charge is 2.34. The summed E-state index contributed by atoms with van der Waals surface area (Å²) in [5, 5.41) is 0. The smallest absolute Gasteiger partial charge is 0.266 e. The van der Waals surface area contributed by atoms with Crippen molar-refractivity contribution in [3.63, 3.8) is 0 Å². The maximum absolute atomic E-state index is 12.6. The zero-order chi connectivity index (χ0) is 18.5. The van der Waals surface area contributed by atoms with Crippen LogP contribution in [0.5, 0.6) is 5.75 Å². The number of carbonyl (C=O) groups is 1. The van der Waals surface area contributed by atoms with Crippen LogP contribution in [0.3, 0.4) is 0 Å². The number of carbonyl (C=O) groups excluding carboxylic acids is 1. The van der Waals surface area contributed by atoms with Gasteiger partial charge in [-0.2, -0.15) is 0 Å². The Morgan fingerprint density at radius 3 is 2.50 bits per heavy atom. The number of nitrogens with zero attached hydrogens (tertiary/aromatic N) is 1. The van der Waals surface area contributed by atoms with Crippen LogP contribution in [0, 0.1) is 0 Å². The number of hydrogen-bond acceptors (Lipinski definition) is 4. The van der Waals surface area contributed by atoms with E-state index >= 15 is 0 Å². The second-order valence-electron chi connectivity index (χ2n) is 6.15. The third kappa shape index (κ3) is 4.34. The molecule has 0 aromatic heterocycles. The first kappa shape index (κ1) is 18.7. The number of benzene rings is 2. The number of ether oxygens (including phenoxy) is 1. The molecule has 3 rings (SSSR count). The van der Waals surface area contributed by atoms with Crippen LogP contribution in [0.15, 0.2) is 59.5 Å². The van der Waals surface area contributed by atoms with E-state index in [2.05, 4.69) is 6.92 Å². The summed E-state index contributed by atoms with van der Waals surface area (Å²) >= 11 is 6.73.